The third-order valence-electron chi connectivity index (χ3n) is 5.51. The van der Waals surface area contributed by atoms with Gasteiger partial charge in [0.1, 0.15) is 6.10 Å². The second-order valence-corrected chi connectivity index (χ2v) is 13.0. The van der Waals surface area contributed by atoms with Crippen LogP contribution in [0.4, 0.5) is 0 Å². The van der Waals surface area contributed by atoms with Crippen LogP contribution >= 0.6 is 0 Å². The molecule has 2 aliphatic heterocycles. The van der Waals surface area contributed by atoms with Crippen LogP contribution in [-0.4, -0.2) is 44.6 Å². The standard InChI is InChI=1S/C16H32O4Si/c1-9(2)21(10(3)4,11(5)6)20-15-14(17)12(7)13-8-18-16(15)19-13/h9-17H,8H2,1-7H3/t12-,13-,14+,15-,16-/m0/s1. The smallest absolute Gasteiger partial charge is 0.201 e. The van der Waals surface area contributed by atoms with Crippen molar-refractivity contribution < 1.29 is 19.0 Å². The average Bonchev–Trinajstić information content (AvgIpc) is 2.82. The monoisotopic (exact) mass is 316 g/mol. The predicted molar refractivity (Wildman–Crippen MR) is 85.7 cm³/mol. The molecule has 0 aliphatic carbocycles. The quantitative estimate of drug-likeness (QED) is 0.791. The third kappa shape index (κ3) is 2.83. The van der Waals surface area contributed by atoms with E-state index in [4.69, 9.17) is 13.9 Å². The van der Waals surface area contributed by atoms with Crippen LogP contribution in [0, 0.1) is 5.92 Å². The lowest BCUT2D eigenvalue weighted by Crippen LogP contribution is -2.59. The highest BCUT2D eigenvalue weighted by Crippen LogP contribution is 2.45. The molecule has 5 atom stereocenters. The molecule has 1 N–H and O–H groups in total. The van der Waals surface area contributed by atoms with E-state index in [1.807, 2.05) is 6.92 Å². The molecule has 2 aliphatic rings. The molecule has 21 heavy (non-hydrogen) atoms. The number of aliphatic hydroxyl groups is 1. The predicted octanol–water partition coefficient (Wildman–Crippen LogP) is 3.30. The van der Waals surface area contributed by atoms with Gasteiger partial charge in [-0.15, -0.1) is 0 Å². The Bertz CT molecular complexity index is 336. The molecule has 0 amide bonds. The van der Waals surface area contributed by atoms with Gasteiger partial charge in [0, 0.05) is 5.92 Å². The lowest BCUT2D eigenvalue weighted by atomic mass is 9.93. The molecular formula is C16H32O4Si. The van der Waals surface area contributed by atoms with Crippen molar-refractivity contribution in [1.29, 1.82) is 0 Å². The molecule has 0 aromatic heterocycles. The minimum Gasteiger partial charge on any atom is -0.405 e. The fourth-order valence-electron chi connectivity index (χ4n) is 4.34. The summed E-state index contributed by atoms with van der Waals surface area (Å²) in [6.07, 6.45) is -1.24. The summed E-state index contributed by atoms with van der Waals surface area (Å²) in [5, 5.41) is 10.7. The van der Waals surface area contributed by atoms with Crippen molar-refractivity contribution in [3.05, 3.63) is 0 Å². The summed E-state index contributed by atoms with van der Waals surface area (Å²) in [5.41, 5.74) is 1.46. The summed E-state index contributed by atoms with van der Waals surface area (Å²) >= 11 is 0. The van der Waals surface area contributed by atoms with Gasteiger partial charge in [0.25, 0.3) is 0 Å². The van der Waals surface area contributed by atoms with E-state index in [2.05, 4.69) is 41.5 Å². The van der Waals surface area contributed by atoms with Gasteiger partial charge in [-0.25, -0.2) is 0 Å². The maximum Gasteiger partial charge on any atom is 0.201 e. The van der Waals surface area contributed by atoms with Crippen LogP contribution < -0.4 is 0 Å². The second kappa shape index (κ2) is 6.28. The molecule has 0 saturated carbocycles. The molecule has 0 unspecified atom stereocenters. The van der Waals surface area contributed by atoms with Gasteiger partial charge in [0.15, 0.2) is 6.29 Å². The Morgan fingerprint density at radius 1 is 1.05 bits per heavy atom. The van der Waals surface area contributed by atoms with Gasteiger partial charge in [0.05, 0.1) is 18.8 Å². The number of fused-ring (bicyclic) bond motifs is 2. The van der Waals surface area contributed by atoms with E-state index in [1.165, 1.54) is 0 Å². The van der Waals surface area contributed by atoms with Gasteiger partial charge < -0.3 is 19.0 Å². The first-order chi connectivity index (χ1) is 9.71. The zero-order valence-corrected chi connectivity index (χ0v) is 15.5. The third-order valence-corrected chi connectivity index (χ3v) is 11.6. The van der Waals surface area contributed by atoms with Crippen molar-refractivity contribution in [3.63, 3.8) is 0 Å². The Morgan fingerprint density at radius 3 is 2.05 bits per heavy atom. The van der Waals surface area contributed by atoms with E-state index < -0.39 is 20.7 Å². The Labute approximate surface area is 130 Å². The largest absolute Gasteiger partial charge is 0.405 e. The SMILES string of the molecule is CC(C)[Si](O[C@@H]1[C@H]2OC[C@H](O2)[C@H](C)[C@H]1O)(C(C)C)C(C)C. The fraction of sp³-hybridized carbons (Fsp3) is 1.00. The highest BCUT2D eigenvalue weighted by Gasteiger charge is 2.54. The van der Waals surface area contributed by atoms with E-state index in [9.17, 15) is 5.11 Å². The molecule has 0 spiro atoms. The first-order valence-electron chi connectivity index (χ1n) is 8.34. The summed E-state index contributed by atoms with van der Waals surface area (Å²) in [4.78, 5) is 0. The number of rotatable bonds is 5. The van der Waals surface area contributed by atoms with Crippen molar-refractivity contribution in [3.8, 4) is 0 Å². The molecule has 0 radical (unpaired) electrons. The Morgan fingerprint density at radius 2 is 1.57 bits per heavy atom. The van der Waals surface area contributed by atoms with Crippen LogP contribution in [0.25, 0.3) is 0 Å². The van der Waals surface area contributed by atoms with E-state index >= 15 is 0 Å². The Balaban J connectivity index is 2.27. The Hall–Kier alpha value is 0.0569. The second-order valence-electron chi connectivity index (χ2n) is 7.63. The Kier molecular flexibility index (Phi) is 5.21. The molecule has 2 bridgehead atoms. The van der Waals surface area contributed by atoms with Crippen LogP contribution in [0.1, 0.15) is 48.5 Å². The minimum atomic E-state index is -2.05. The summed E-state index contributed by atoms with van der Waals surface area (Å²) in [6, 6.07) is 0. The summed E-state index contributed by atoms with van der Waals surface area (Å²) in [6.45, 7) is 16.1. The summed E-state index contributed by atoms with van der Waals surface area (Å²) < 4.78 is 18.3. The normalized spacial score (nSPS) is 37.0. The van der Waals surface area contributed by atoms with Crippen LogP contribution in [0.3, 0.4) is 0 Å². The van der Waals surface area contributed by atoms with Gasteiger partial charge in [0.2, 0.25) is 8.32 Å². The molecule has 2 heterocycles. The van der Waals surface area contributed by atoms with E-state index in [-0.39, 0.29) is 18.1 Å². The maximum atomic E-state index is 10.7. The van der Waals surface area contributed by atoms with Gasteiger partial charge >= 0.3 is 0 Å². The van der Waals surface area contributed by atoms with Gasteiger partial charge in [-0.1, -0.05) is 48.5 Å². The molecule has 4 nitrogen and oxygen atoms in total. The highest BCUT2D eigenvalue weighted by atomic mass is 28.4. The minimum absolute atomic E-state index is 0.0121. The van der Waals surface area contributed by atoms with Crippen molar-refractivity contribution in [1.82, 2.24) is 0 Å². The van der Waals surface area contributed by atoms with Gasteiger partial charge in [-0.05, 0) is 16.6 Å². The highest BCUT2D eigenvalue weighted by molar-refractivity contribution is 6.77. The van der Waals surface area contributed by atoms with Crippen LogP contribution in [-0.2, 0) is 13.9 Å². The molecule has 0 aromatic rings. The van der Waals surface area contributed by atoms with Crippen molar-refractivity contribution in [2.45, 2.75) is 89.7 Å². The first kappa shape index (κ1) is 17.4. The van der Waals surface area contributed by atoms with Crippen LogP contribution in [0.2, 0.25) is 16.6 Å². The summed E-state index contributed by atoms with van der Waals surface area (Å²) in [5.74, 6) is 0.0620. The number of hydrogen-bond acceptors (Lipinski definition) is 4. The fourth-order valence-corrected chi connectivity index (χ4v) is 9.88. The van der Waals surface area contributed by atoms with Crippen LogP contribution in [0.15, 0.2) is 0 Å². The molecule has 2 fully saturated rings. The maximum absolute atomic E-state index is 10.7. The van der Waals surface area contributed by atoms with Gasteiger partial charge in [-0.3, -0.25) is 0 Å². The zero-order chi connectivity index (χ0) is 15.9. The molecule has 2 saturated heterocycles. The molecular weight excluding hydrogens is 284 g/mol. The van der Waals surface area contributed by atoms with E-state index in [1.54, 1.807) is 0 Å². The lowest BCUT2D eigenvalue weighted by Gasteiger charge is -2.48. The lowest BCUT2D eigenvalue weighted by molar-refractivity contribution is -0.205. The first-order valence-corrected chi connectivity index (χ1v) is 10.5. The van der Waals surface area contributed by atoms with Crippen molar-refractivity contribution in [2.24, 2.45) is 5.92 Å². The van der Waals surface area contributed by atoms with E-state index in [0.717, 1.165) is 0 Å². The average molecular weight is 317 g/mol. The zero-order valence-electron chi connectivity index (χ0n) is 14.5. The van der Waals surface area contributed by atoms with Crippen LogP contribution in [0.5, 0.6) is 0 Å². The topological polar surface area (TPSA) is 47.9 Å². The number of ether oxygens (including phenoxy) is 2. The number of hydrogen-bond donors (Lipinski definition) is 1. The van der Waals surface area contributed by atoms with E-state index in [0.29, 0.717) is 23.2 Å². The molecule has 2 rings (SSSR count). The van der Waals surface area contributed by atoms with Crippen molar-refractivity contribution >= 4 is 8.32 Å². The summed E-state index contributed by atoms with van der Waals surface area (Å²) in [7, 11) is -2.05. The molecule has 124 valence electrons. The van der Waals surface area contributed by atoms with Crippen molar-refractivity contribution in [2.75, 3.05) is 6.61 Å². The van der Waals surface area contributed by atoms with Gasteiger partial charge in [-0.2, -0.15) is 0 Å². The number of aliphatic hydroxyl groups excluding tert-OH is 1. The molecule has 0 aromatic carbocycles. The molecule has 5 heteroatoms.